The van der Waals surface area contributed by atoms with Crippen LogP contribution in [0.2, 0.25) is 0 Å². The number of H-pyrrole nitrogens is 1. The highest BCUT2D eigenvalue weighted by Crippen LogP contribution is 2.42. The summed E-state index contributed by atoms with van der Waals surface area (Å²) in [4.78, 5) is 50.7. The number of hydrogen-bond donors (Lipinski definition) is 3. The number of nitrogens with zero attached hydrogens (tertiary/aromatic N) is 6. The molecule has 2 aromatic carbocycles. The Hall–Kier alpha value is -4.58. The van der Waals surface area contributed by atoms with E-state index in [0.29, 0.717) is 56.7 Å². The standard InChI is InChI=1S/C35H43F6N9O3/c1-46-15-17-47(18-16-46)24-7-11-48(12-8-24)31(51)28(21-22-19-26(34(36,37)38)29(42)27(20-22)35(39,40)41)43-32(52)49-13-9-25(10-14-49)50-33(53)44-30(45-50)23-5-3-2-4-6-23/h2-6,19-20,24-25,28H,7-18,21,42H2,1H3,(H,43,52)(H,44,45,53)/t28-/m1/s1. The average molecular weight is 752 g/mol. The largest absolute Gasteiger partial charge is 0.418 e. The van der Waals surface area contributed by atoms with Crippen molar-refractivity contribution < 1.29 is 35.9 Å². The Balaban J connectivity index is 1.18. The van der Waals surface area contributed by atoms with E-state index in [0.717, 1.165) is 31.7 Å². The number of urea groups is 1. The first kappa shape index (κ1) is 38.2. The molecule has 1 atom stereocenters. The zero-order valence-corrected chi connectivity index (χ0v) is 29.2. The van der Waals surface area contributed by atoms with Crippen LogP contribution in [-0.4, -0.2) is 118 Å². The SMILES string of the molecule is CN1CCN(C2CCN(C(=O)[C@@H](Cc3cc(C(F)(F)F)c(N)c(C(F)(F)F)c3)NC(=O)N3CCC(n4nc(-c5ccccc5)[nH]c4=O)CC3)CC2)CC1. The van der Waals surface area contributed by atoms with E-state index < -0.39 is 64.8 Å². The number of nitrogens with one attached hydrogen (secondary N) is 2. The van der Waals surface area contributed by atoms with Crippen LogP contribution in [0.25, 0.3) is 11.4 Å². The highest BCUT2D eigenvalue weighted by Gasteiger charge is 2.42. The molecular formula is C35H43F6N9O3. The molecule has 3 aliphatic rings. The van der Waals surface area contributed by atoms with Gasteiger partial charge in [-0.2, -0.15) is 26.3 Å². The van der Waals surface area contributed by atoms with Gasteiger partial charge in [0.25, 0.3) is 0 Å². The number of likely N-dealkylation sites (N-methyl/N-ethyl adjacent to an activating group) is 1. The molecule has 3 aliphatic heterocycles. The van der Waals surface area contributed by atoms with Crippen LogP contribution in [0.15, 0.2) is 47.3 Å². The number of likely N-dealkylation sites (tertiary alicyclic amines) is 2. The van der Waals surface area contributed by atoms with Gasteiger partial charge in [0.1, 0.15) is 6.04 Å². The maximum absolute atomic E-state index is 14.0. The van der Waals surface area contributed by atoms with Gasteiger partial charge in [0.05, 0.1) is 22.9 Å². The molecule has 0 aliphatic carbocycles. The monoisotopic (exact) mass is 751 g/mol. The van der Waals surface area contributed by atoms with Crippen molar-refractivity contribution >= 4 is 17.6 Å². The summed E-state index contributed by atoms with van der Waals surface area (Å²) in [7, 11) is 2.05. The van der Waals surface area contributed by atoms with Crippen molar-refractivity contribution in [2.24, 2.45) is 0 Å². The van der Waals surface area contributed by atoms with Gasteiger partial charge in [0.15, 0.2) is 5.82 Å². The summed E-state index contributed by atoms with van der Waals surface area (Å²) in [5.41, 5.74) is 0.438. The summed E-state index contributed by atoms with van der Waals surface area (Å²) in [6.45, 7) is 4.55. The highest BCUT2D eigenvalue weighted by atomic mass is 19.4. The molecule has 288 valence electrons. The van der Waals surface area contributed by atoms with Gasteiger partial charge in [-0.25, -0.2) is 14.3 Å². The fraction of sp³-hybridized carbons (Fsp3) is 0.543. The van der Waals surface area contributed by atoms with E-state index in [1.54, 1.807) is 12.1 Å². The third kappa shape index (κ3) is 8.80. The number of benzene rings is 2. The van der Waals surface area contributed by atoms with E-state index in [2.05, 4.69) is 25.2 Å². The number of nitrogens with two attached hydrogens (primary N) is 1. The molecule has 0 unspecified atom stereocenters. The minimum Gasteiger partial charge on any atom is -0.398 e. The number of nitrogen functional groups attached to an aromatic ring is 1. The number of piperidine rings is 2. The Bertz CT molecular complexity index is 1770. The smallest absolute Gasteiger partial charge is 0.398 e. The van der Waals surface area contributed by atoms with Crippen LogP contribution in [0.1, 0.15) is 48.4 Å². The van der Waals surface area contributed by atoms with Crippen molar-refractivity contribution in [2.45, 2.75) is 62.6 Å². The number of amides is 3. The topological polar surface area (TPSA) is 136 Å². The summed E-state index contributed by atoms with van der Waals surface area (Å²) in [6, 6.07) is 7.83. The van der Waals surface area contributed by atoms with Crippen LogP contribution in [0.3, 0.4) is 0 Å². The number of piperazine rings is 1. The Morgan fingerprint density at radius 2 is 1.40 bits per heavy atom. The van der Waals surface area contributed by atoms with Crippen LogP contribution >= 0.6 is 0 Å². The zero-order valence-electron chi connectivity index (χ0n) is 29.2. The van der Waals surface area contributed by atoms with Gasteiger partial charge in [-0.3, -0.25) is 14.7 Å². The number of carbonyl (C=O) groups excluding carboxylic acids is 2. The van der Waals surface area contributed by atoms with E-state index in [9.17, 15) is 40.7 Å². The normalized spacial score (nSPS) is 19.4. The average Bonchev–Trinajstić information content (AvgIpc) is 3.53. The molecule has 3 aromatic rings. The Labute approximate surface area is 301 Å². The van der Waals surface area contributed by atoms with Crippen molar-refractivity contribution in [3.05, 3.63) is 69.6 Å². The van der Waals surface area contributed by atoms with E-state index in [-0.39, 0.29) is 25.2 Å². The van der Waals surface area contributed by atoms with Gasteiger partial charge >= 0.3 is 24.1 Å². The number of hydrogen-bond acceptors (Lipinski definition) is 7. The molecule has 4 heterocycles. The fourth-order valence-corrected chi connectivity index (χ4v) is 7.46. The Morgan fingerprint density at radius 1 is 0.849 bits per heavy atom. The first-order chi connectivity index (χ1) is 25.1. The number of rotatable bonds is 7. The van der Waals surface area contributed by atoms with Gasteiger partial charge in [-0.1, -0.05) is 30.3 Å². The molecule has 18 heteroatoms. The number of anilines is 1. The number of alkyl halides is 6. The second-order valence-corrected chi connectivity index (χ2v) is 14.0. The lowest BCUT2D eigenvalue weighted by Gasteiger charge is -2.42. The van der Waals surface area contributed by atoms with Gasteiger partial charge in [0, 0.05) is 70.4 Å². The van der Waals surface area contributed by atoms with Crippen molar-refractivity contribution in [3.63, 3.8) is 0 Å². The second-order valence-electron chi connectivity index (χ2n) is 14.0. The third-order valence-electron chi connectivity index (χ3n) is 10.5. The first-order valence-electron chi connectivity index (χ1n) is 17.7. The maximum Gasteiger partial charge on any atom is 0.418 e. The number of aromatic nitrogens is 3. The summed E-state index contributed by atoms with van der Waals surface area (Å²) in [6.07, 6.45) is -9.07. The van der Waals surface area contributed by atoms with Crippen molar-refractivity contribution in [2.75, 3.05) is 65.1 Å². The van der Waals surface area contributed by atoms with Crippen molar-refractivity contribution in [1.29, 1.82) is 0 Å². The van der Waals surface area contributed by atoms with Crippen LogP contribution in [0.5, 0.6) is 0 Å². The lowest BCUT2D eigenvalue weighted by Crippen LogP contribution is -2.57. The van der Waals surface area contributed by atoms with Gasteiger partial charge in [0.2, 0.25) is 5.91 Å². The molecule has 0 saturated carbocycles. The van der Waals surface area contributed by atoms with E-state index >= 15 is 0 Å². The molecule has 4 N–H and O–H groups in total. The summed E-state index contributed by atoms with van der Waals surface area (Å²) < 4.78 is 84.6. The van der Waals surface area contributed by atoms with E-state index in [1.807, 2.05) is 25.2 Å². The molecule has 0 radical (unpaired) electrons. The molecule has 3 saturated heterocycles. The molecule has 3 fully saturated rings. The molecule has 3 amide bonds. The van der Waals surface area contributed by atoms with E-state index in [1.165, 1.54) is 14.5 Å². The molecule has 12 nitrogen and oxygen atoms in total. The number of carbonyl (C=O) groups is 2. The minimum absolute atomic E-state index is 0.159. The molecule has 53 heavy (non-hydrogen) atoms. The molecule has 6 rings (SSSR count). The predicted octanol–water partition coefficient (Wildman–Crippen LogP) is 4.05. The van der Waals surface area contributed by atoms with Gasteiger partial charge in [-0.15, -0.1) is 5.10 Å². The zero-order chi connectivity index (χ0) is 38.1. The third-order valence-corrected chi connectivity index (χ3v) is 10.5. The number of aromatic amines is 1. The summed E-state index contributed by atoms with van der Waals surface area (Å²) in [5, 5.41) is 7.07. The van der Waals surface area contributed by atoms with Crippen LogP contribution in [-0.2, 0) is 23.6 Å². The van der Waals surface area contributed by atoms with Gasteiger partial charge in [-0.05, 0) is 50.4 Å². The van der Waals surface area contributed by atoms with Crippen molar-refractivity contribution in [3.8, 4) is 11.4 Å². The molecule has 0 spiro atoms. The molecule has 0 bridgehead atoms. The Morgan fingerprint density at radius 3 is 1.96 bits per heavy atom. The lowest BCUT2D eigenvalue weighted by atomic mass is 9.96. The number of halogens is 6. The Kier molecular flexibility index (Phi) is 11.1. The molecule has 1 aromatic heterocycles. The highest BCUT2D eigenvalue weighted by molar-refractivity contribution is 5.87. The van der Waals surface area contributed by atoms with Crippen molar-refractivity contribution in [1.82, 2.24) is 39.7 Å². The maximum atomic E-state index is 14.0. The fourth-order valence-electron chi connectivity index (χ4n) is 7.46. The summed E-state index contributed by atoms with van der Waals surface area (Å²) >= 11 is 0. The molecular weight excluding hydrogens is 708 g/mol. The first-order valence-corrected chi connectivity index (χ1v) is 17.7. The predicted molar refractivity (Wildman–Crippen MR) is 184 cm³/mol. The summed E-state index contributed by atoms with van der Waals surface area (Å²) in [5.74, 6) is -0.199. The minimum atomic E-state index is -5.20. The van der Waals surface area contributed by atoms with Crippen LogP contribution < -0.4 is 16.7 Å². The van der Waals surface area contributed by atoms with Crippen LogP contribution in [0.4, 0.5) is 36.8 Å². The lowest BCUT2D eigenvalue weighted by molar-refractivity contribution is -0.141. The van der Waals surface area contributed by atoms with Gasteiger partial charge < -0.3 is 25.8 Å². The second kappa shape index (κ2) is 15.4. The van der Waals surface area contributed by atoms with Crippen LogP contribution in [0, 0.1) is 0 Å². The quantitative estimate of drug-likeness (QED) is 0.245. The van der Waals surface area contributed by atoms with E-state index in [4.69, 9.17) is 5.73 Å².